The molecular weight excluding hydrogens is 265 g/mol. The first-order chi connectivity index (χ1) is 10.1. The number of hydrogen-bond acceptors (Lipinski definition) is 3. The molecule has 0 radical (unpaired) electrons. The summed E-state index contributed by atoms with van der Waals surface area (Å²) in [4.78, 5) is 6.33. The first-order valence-electron chi connectivity index (χ1n) is 7.32. The van der Waals surface area contributed by atoms with Crippen molar-refractivity contribution in [2.24, 2.45) is 0 Å². The fraction of sp³-hybridized carbons (Fsp3) is 0.353. The highest BCUT2D eigenvalue weighted by Crippen LogP contribution is 2.25. The van der Waals surface area contributed by atoms with E-state index in [1.165, 1.54) is 6.07 Å². The summed E-state index contributed by atoms with van der Waals surface area (Å²) in [6.07, 6.45) is 1.84. The van der Waals surface area contributed by atoms with Crippen molar-refractivity contribution in [2.75, 3.05) is 11.4 Å². The average molecular weight is 287 g/mol. The number of hydrogen-bond donors (Lipinski definition) is 1. The van der Waals surface area contributed by atoms with Gasteiger partial charge < -0.3 is 10.2 Å². The molecule has 2 rings (SSSR count). The summed E-state index contributed by atoms with van der Waals surface area (Å²) in [6.45, 7) is 7.66. The molecule has 0 unspecified atom stereocenters. The molecule has 4 heteroatoms. The van der Waals surface area contributed by atoms with Gasteiger partial charge in [-0.1, -0.05) is 32.0 Å². The predicted molar refractivity (Wildman–Crippen MR) is 85.3 cm³/mol. The fourth-order valence-corrected chi connectivity index (χ4v) is 2.13. The maximum absolute atomic E-state index is 13.9. The van der Waals surface area contributed by atoms with E-state index in [0.29, 0.717) is 18.3 Å². The van der Waals surface area contributed by atoms with E-state index in [1.54, 1.807) is 12.1 Å². The van der Waals surface area contributed by atoms with Crippen LogP contribution < -0.4 is 10.2 Å². The lowest BCUT2D eigenvalue weighted by Gasteiger charge is -2.22. The van der Waals surface area contributed by atoms with Crippen LogP contribution in [0.25, 0.3) is 0 Å². The van der Waals surface area contributed by atoms with Crippen molar-refractivity contribution < 1.29 is 4.39 Å². The lowest BCUT2D eigenvalue weighted by molar-refractivity contribution is 0.588. The van der Waals surface area contributed by atoms with E-state index in [1.807, 2.05) is 36.2 Å². The van der Waals surface area contributed by atoms with E-state index >= 15 is 0 Å². The number of halogens is 1. The second kappa shape index (κ2) is 7.18. The predicted octanol–water partition coefficient (Wildman–Crippen LogP) is 3.88. The van der Waals surface area contributed by atoms with Crippen LogP contribution in [0.2, 0.25) is 0 Å². The number of nitrogens with one attached hydrogen (secondary N) is 1. The lowest BCUT2D eigenvalue weighted by atomic mass is 10.2. The lowest BCUT2D eigenvalue weighted by Crippen LogP contribution is -2.22. The van der Waals surface area contributed by atoms with Gasteiger partial charge in [0.2, 0.25) is 0 Å². The Labute approximate surface area is 125 Å². The summed E-state index contributed by atoms with van der Waals surface area (Å²) < 4.78 is 13.9. The summed E-state index contributed by atoms with van der Waals surface area (Å²) in [5, 5.41) is 3.35. The minimum absolute atomic E-state index is 0.230. The van der Waals surface area contributed by atoms with Gasteiger partial charge >= 0.3 is 0 Å². The van der Waals surface area contributed by atoms with E-state index in [-0.39, 0.29) is 5.82 Å². The smallest absolute Gasteiger partial charge is 0.146 e. The number of anilines is 2. The summed E-state index contributed by atoms with van der Waals surface area (Å²) >= 11 is 0. The van der Waals surface area contributed by atoms with Gasteiger partial charge in [-0.2, -0.15) is 0 Å². The van der Waals surface area contributed by atoms with Crippen LogP contribution in [-0.4, -0.2) is 17.6 Å². The van der Waals surface area contributed by atoms with Crippen LogP contribution in [0.15, 0.2) is 42.6 Å². The van der Waals surface area contributed by atoms with Crippen LogP contribution in [0.3, 0.4) is 0 Å². The molecule has 0 aliphatic carbocycles. The summed E-state index contributed by atoms with van der Waals surface area (Å²) in [5.74, 6) is 0.530. The van der Waals surface area contributed by atoms with Crippen molar-refractivity contribution in [2.45, 2.75) is 33.4 Å². The highest BCUT2D eigenvalue weighted by Gasteiger charge is 2.12. The molecule has 112 valence electrons. The molecule has 0 fully saturated rings. The van der Waals surface area contributed by atoms with Crippen LogP contribution in [-0.2, 0) is 6.54 Å². The van der Waals surface area contributed by atoms with Gasteiger partial charge in [-0.25, -0.2) is 9.37 Å². The van der Waals surface area contributed by atoms with Crippen LogP contribution >= 0.6 is 0 Å². The minimum Gasteiger partial charge on any atom is -0.324 e. The van der Waals surface area contributed by atoms with E-state index in [9.17, 15) is 4.39 Å². The Morgan fingerprint density at radius 3 is 2.52 bits per heavy atom. The van der Waals surface area contributed by atoms with Crippen LogP contribution in [0.4, 0.5) is 15.9 Å². The van der Waals surface area contributed by atoms with Crippen molar-refractivity contribution in [3.8, 4) is 0 Å². The molecule has 0 saturated carbocycles. The Balaban J connectivity index is 2.18. The van der Waals surface area contributed by atoms with E-state index in [4.69, 9.17) is 0 Å². The summed E-state index contributed by atoms with van der Waals surface area (Å²) in [6, 6.07) is 11.2. The molecule has 1 aromatic heterocycles. The molecular formula is C17H22FN3. The van der Waals surface area contributed by atoms with E-state index in [0.717, 1.165) is 17.9 Å². The maximum atomic E-state index is 13.9. The van der Waals surface area contributed by atoms with Gasteiger partial charge in [-0.05, 0) is 30.7 Å². The van der Waals surface area contributed by atoms with Gasteiger partial charge in [0, 0.05) is 25.3 Å². The largest absolute Gasteiger partial charge is 0.324 e. The highest BCUT2D eigenvalue weighted by atomic mass is 19.1. The Bertz CT molecular complexity index is 567. The topological polar surface area (TPSA) is 28.2 Å². The molecule has 1 N–H and O–H groups in total. The van der Waals surface area contributed by atoms with Crippen molar-refractivity contribution >= 4 is 11.5 Å². The zero-order chi connectivity index (χ0) is 15.2. The number of rotatable bonds is 6. The molecule has 0 bridgehead atoms. The monoisotopic (exact) mass is 287 g/mol. The average Bonchev–Trinajstić information content (AvgIpc) is 2.49. The van der Waals surface area contributed by atoms with Crippen molar-refractivity contribution in [1.29, 1.82) is 0 Å². The van der Waals surface area contributed by atoms with Gasteiger partial charge in [0.15, 0.2) is 0 Å². The third-order valence-electron chi connectivity index (χ3n) is 3.26. The molecule has 0 atom stereocenters. The Morgan fingerprint density at radius 1 is 1.19 bits per heavy atom. The summed E-state index contributed by atoms with van der Waals surface area (Å²) in [5.41, 5.74) is 1.68. The number of benzene rings is 1. The molecule has 0 spiro atoms. The Hall–Kier alpha value is -1.94. The molecule has 3 nitrogen and oxygen atoms in total. The molecule has 0 aliphatic rings. The van der Waals surface area contributed by atoms with Crippen molar-refractivity contribution in [3.63, 3.8) is 0 Å². The maximum Gasteiger partial charge on any atom is 0.146 e. The normalized spacial score (nSPS) is 10.9. The van der Waals surface area contributed by atoms with Crippen LogP contribution in [0.5, 0.6) is 0 Å². The first-order valence-corrected chi connectivity index (χ1v) is 7.32. The highest BCUT2D eigenvalue weighted by molar-refractivity contribution is 5.60. The Kier molecular flexibility index (Phi) is 5.28. The van der Waals surface area contributed by atoms with Crippen molar-refractivity contribution in [3.05, 3.63) is 54.0 Å². The second-order valence-corrected chi connectivity index (χ2v) is 5.26. The third kappa shape index (κ3) is 4.02. The van der Waals surface area contributed by atoms with Gasteiger partial charge in [-0.3, -0.25) is 0 Å². The van der Waals surface area contributed by atoms with Gasteiger partial charge in [-0.15, -0.1) is 0 Å². The molecule has 1 heterocycles. The van der Waals surface area contributed by atoms with Crippen LogP contribution in [0.1, 0.15) is 26.3 Å². The minimum atomic E-state index is -0.230. The van der Waals surface area contributed by atoms with Crippen LogP contribution in [0, 0.1) is 5.82 Å². The number of pyridine rings is 1. The molecule has 0 saturated heterocycles. The second-order valence-electron chi connectivity index (χ2n) is 5.26. The van der Waals surface area contributed by atoms with E-state index in [2.05, 4.69) is 24.1 Å². The molecule has 0 aliphatic heterocycles. The standard InChI is InChI=1S/C17H22FN3/c1-4-21(16-8-6-5-7-15(16)18)17-10-9-14(12-20-17)11-19-13(2)3/h5-10,12-13,19H,4,11H2,1-3H3. The molecule has 21 heavy (non-hydrogen) atoms. The number of aromatic nitrogens is 1. The quantitative estimate of drug-likeness (QED) is 0.874. The third-order valence-corrected chi connectivity index (χ3v) is 3.26. The van der Waals surface area contributed by atoms with Crippen molar-refractivity contribution in [1.82, 2.24) is 10.3 Å². The molecule has 0 amide bonds. The van der Waals surface area contributed by atoms with Gasteiger partial charge in [0.1, 0.15) is 11.6 Å². The summed E-state index contributed by atoms with van der Waals surface area (Å²) in [7, 11) is 0. The van der Waals surface area contributed by atoms with E-state index < -0.39 is 0 Å². The zero-order valence-electron chi connectivity index (χ0n) is 12.8. The fourth-order valence-electron chi connectivity index (χ4n) is 2.13. The van der Waals surface area contributed by atoms with Gasteiger partial charge in [0.05, 0.1) is 5.69 Å². The number of nitrogens with zero attached hydrogens (tertiary/aromatic N) is 2. The Morgan fingerprint density at radius 2 is 1.95 bits per heavy atom. The zero-order valence-corrected chi connectivity index (χ0v) is 12.8. The number of para-hydroxylation sites is 1. The molecule has 2 aromatic rings. The first kappa shape index (κ1) is 15.4. The van der Waals surface area contributed by atoms with Gasteiger partial charge in [0.25, 0.3) is 0 Å². The SMILES string of the molecule is CCN(c1ccc(CNC(C)C)cn1)c1ccccc1F. The molecule has 1 aromatic carbocycles.